The molecule has 1 unspecified atom stereocenters. The van der Waals surface area contributed by atoms with Crippen LogP contribution in [0.1, 0.15) is 6.92 Å². The number of carboxylic acids is 4. The molecular formula is C11H20N2O9Rh+2. The third-order valence-corrected chi connectivity index (χ3v) is 2.54. The van der Waals surface area contributed by atoms with Gasteiger partial charge in [0.15, 0.2) is 0 Å². The SMILES string of the molecule is CC(CN(CC(=O)O)CC(=O)O)N(CC(=O)O)CC(=O)O.O.[Rh+2]. The van der Waals surface area contributed by atoms with E-state index in [-0.39, 0.29) is 31.5 Å². The molecule has 0 rings (SSSR count). The van der Waals surface area contributed by atoms with Crippen LogP contribution in [0.4, 0.5) is 0 Å². The van der Waals surface area contributed by atoms with Crippen LogP contribution in [0.25, 0.3) is 0 Å². The van der Waals surface area contributed by atoms with Gasteiger partial charge in [0.2, 0.25) is 0 Å². The summed E-state index contributed by atoms with van der Waals surface area (Å²) in [6.45, 7) is -0.736. The Labute approximate surface area is 144 Å². The third kappa shape index (κ3) is 13.7. The third-order valence-electron chi connectivity index (χ3n) is 2.54. The van der Waals surface area contributed by atoms with Gasteiger partial charge in [0.25, 0.3) is 0 Å². The van der Waals surface area contributed by atoms with E-state index in [1.807, 2.05) is 0 Å². The van der Waals surface area contributed by atoms with Crippen LogP contribution in [0.3, 0.4) is 0 Å². The second-order valence-electron chi connectivity index (χ2n) is 4.50. The molecule has 1 radical (unpaired) electrons. The van der Waals surface area contributed by atoms with E-state index in [9.17, 15) is 19.2 Å². The van der Waals surface area contributed by atoms with Gasteiger partial charge >= 0.3 is 43.4 Å². The molecule has 12 heteroatoms. The van der Waals surface area contributed by atoms with Gasteiger partial charge in [-0.1, -0.05) is 0 Å². The summed E-state index contributed by atoms with van der Waals surface area (Å²) in [6, 6.07) is -0.643. The van der Waals surface area contributed by atoms with Gasteiger partial charge in [-0.3, -0.25) is 29.0 Å². The summed E-state index contributed by atoms with van der Waals surface area (Å²) < 4.78 is 0. The number of aliphatic carboxylic acids is 4. The maximum Gasteiger partial charge on any atom is 2.00 e. The van der Waals surface area contributed by atoms with E-state index in [1.165, 1.54) is 6.92 Å². The predicted octanol–water partition coefficient (Wildman–Crippen LogP) is -2.51. The molecule has 0 bridgehead atoms. The smallest absolute Gasteiger partial charge is 0.480 e. The minimum Gasteiger partial charge on any atom is -0.480 e. The predicted molar refractivity (Wildman–Crippen MR) is 71.6 cm³/mol. The molecule has 0 saturated carbocycles. The fourth-order valence-electron chi connectivity index (χ4n) is 1.77. The first-order valence-electron chi connectivity index (χ1n) is 5.95. The van der Waals surface area contributed by atoms with Crippen molar-refractivity contribution in [3.63, 3.8) is 0 Å². The van der Waals surface area contributed by atoms with Crippen molar-refractivity contribution >= 4 is 23.9 Å². The van der Waals surface area contributed by atoms with Crippen LogP contribution in [0.5, 0.6) is 0 Å². The van der Waals surface area contributed by atoms with Gasteiger partial charge in [-0.25, -0.2) is 0 Å². The van der Waals surface area contributed by atoms with Crippen LogP contribution in [-0.2, 0) is 38.7 Å². The Balaban J connectivity index is -0.00000200. The Morgan fingerprint density at radius 1 is 0.783 bits per heavy atom. The fraction of sp³-hybridized carbons (Fsp3) is 0.636. The number of carbonyl (C=O) groups is 4. The number of hydrogen-bond donors (Lipinski definition) is 4. The summed E-state index contributed by atoms with van der Waals surface area (Å²) in [5.41, 5.74) is 0. The molecule has 6 N–H and O–H groups in total. The number of carboxylic acid groups (broad SMARTS) is 4. The Hall–Kier alpha value is -1.62. The molecule has 23 heavy (non-hydrogen) atoms. The van der Waals surface area contributed by atoms with Crippen molar-refractivity contribution in [3.8, 4) is 0 Å². The Morgan fingerprint density at radius 2 is 1.09 bits per heavy atom. The first kappa shape index (κ1) is 26.3. The van der Waals surface area contributed by atoms with Gasteiger partial charge in [-0.2, -0.15) is 0 Å². The van der Waals surface area contributed by atoms with Crippen molar-refractivity contribution in [2.45, 2.75) is 13.0 Å². The summed E-state index contributed by atoms with van der Waals surface area (Å²) in [4.78, 5) is 44.9. The fourth-order valence-corrected chi connectivity index (χ4v) is 1.77. The summed E-state index contributed by atoms with van der Waals surface area (Å²) in [7, 11) is 0. The van der Waals surface area contributed by atoms with E-state index in [0.717, 1.165) is 9.80 Å². The van der Waals surface area contributed by atoms with E-state index in [0.29, 0.717) is 0 Å². The summed E-state index contributed by atoms with van der Waals surface area (Å²) in [5, 5.41) is 34.9. The van der Waals surface area contributed by atoms with Gasteiger partial charge in [-0.15, -0.1) is 0 Å². The minimum absolute atomic E-state index is 0. The summed E-state index contributed by atoms with van der Waals surface area (Å²) in [6.07, 6.45) is 0. The quantitative estimate of drug-likeness (QED) is 0.257. The average Bonchev–Trinajstić information content (AvgIpc) is 2.24. The van der Waals surface area contributed by atoms with E-state index in [2.05, 4.69) is 0 Å². The Morgan fingerprint density at radius 3 is 1.35 bits per heavy atom. The van der Waals surface area contributed by atoms with E-state index < -0.39 is 56.1 Å². The molecule has 0 amide bonds. The second kappa shape index (κ2) is 12.9. The van der Waals surface area contributed by atoms with E-state index in [1.54, 1.807) is 0 Å². The van der Waals surface area contributed by atoms with Crippen LogP contribution in [0.2, 0.25) is 0 Å². The zero-order valence-electron chi connectivity index (χ0n) is 12.3. The maximum atomic E-state index is 10.7. The molecule has 0 aromatic rings. The standard InChI is InChI=1S/C11H18N2O8.H2O.Rh/c1-7(13(5-10(18)19)6-11(20)21)2-12(3-8(14)15)4-9(16)17;;/h7H,2-6H2,1H3,(H,14,15)(H,16,17)(H,18,19)(H,20,21);1H2;/q;;+2. The monoisotopic (exact) mass is 427 g/mol. The number of rotatable bonds is 11. The summed E-state index contributed by atoms with van der Waals surface area (Å²) in [5.74, 6) is -4.92. The number of nitrogens with zero attached hydrogens (tertiary/aromatic N) is 2. The molecule has 1 atom stereocenters. The second-order valence-corrected chi connectivity index (χ2v) is 4.50. The maximum absolute atomic E-state index is 10.7. The van der Waals surface area contributed by atoms with Crippen LogP contribution in [-0.4, -0.2) is 98.3 Å². The molecule has 11 nitrogen and oxygen atoms in total. The van der Waals surface area contributed by atoms with E-state index >= 15 is 0 Å². The largest absolute Gasteiger partial charge is 2.00 e. The van der Waals surface area contributed by atoms with Crippen LogP contribution in [0.15, 0.2) is 0 Å². The number of hydrogen-bond acceptors (Lipinski definition) is 6. The molecule has 0 aliphatic rings. The molecular weight excluding hydrogens is 407 g/mol. The topological polar surface area (TPSA) is 187 Å². The van der Waals surface area contributed by atoms with Crippen LogP contribution < -0.4 is 0 Å². The van der Waals surface area contributed by atoms with Crippen molar-refractivity contribution in [2.24, 2.45) is 0 Å². The molecule has 0 aromatic carbocycles. The van der Waals surface area contributed by atoms with Crippen LogP contribution in [0, 0.1) is 0 Å². The molecule has 0 spiro atoms. The Bertz CT molecular complexity index is 386. The van der Waals surface area contributed by atoms with E-state index in [4.69, 9.17) is 20.4 Å². The molecule has 0 aliphatic heterocycles. The van der Waals surface area contributed by atoms with Crippen molar-refractivity contribution in [1.29, 1.82) is 0 Å². The zero-order chi connectivity index (χ0) is 16.6. The van der Waals surface area contributed by atoms with Gasteiger partial charge in [0.1, 0.15) is 0 Å². The van der Waals surface area contributed by atoms with Crippen molar-refractivity contribution < 1.29 is 64.6 Å². The molecule has 0 aliphatic carbocycles. The molecule has 0 fully saturated rings. The Kier molecular flexibility index (Phi) is 14.7. The van der Waals surface area contributed by atoms with Gasteiger partial charge in [0, 0.05) is 12.6 Å². The normalized spacial score (nSPS) is 11.3. The minimum atomic E-state index is -1.23. The molecule has 0 aromatic heterocycles. The van der Waals surface area contributed by atoms with Crippen molar-refractivity contribution in [2.75, 3.05) is 32.7 Å². The summed E-state index contributed by atoms with van der Waals surface area (Å²) >= 11 is 0. The van der Waals surface area contributed by atoms with Gasteiger partial charge < -0.3 is 25.9 Å². The van der Waals surface area contributed by atoms with Crippen molar-refractivity contribution in [1.82, 2.24) is 9.80 Å². The molecule has 135 valence electrons. The average molecular weight is 427 g/mol. The van der Waals surface area contributed by atoms with Crippen LogP contribution >= 0.6 is 0 Å². The molecule has 0 saturated heterocycles. The molecule has 0 heterocycles. The first-order valence-corrected chi connectivity index (χ1v) is 5.95. The zero-order valence-corrected chi connectivity index (χ0v) is 13.9. The van der Waals surface area contributed by atoms with Gasteiger partial charge in [0.05, 0.1) is 26.2 Å². The first-order chi connectivity index (χ1) is 9.61. The van der Waals surface area contributed by atoms with Gasteiger partial charge in [-0.05, 0) is 6.92 Å². The van der Waals surface area contributed by atoms with Crippen molar-refractivity contribution in [3.05, 3.63) is 0 Å².